The maximum absolute atomic E-state index is 10.4. The molecule has 3 nitrogen and oxygen atoms in total. The first-order chi connectivity index (χ1) is 7.78. The van der Waals surface area contributed by atoms with Crippen molar-refractivity contribution in [2.24, 2.45) is 0 Å². The molecule has 1 atom stereocenters. The van der Waals surface area contributed by atoms with Crippen molar-refractivity contribution < 1.29 is 5.11 Å². The quantitative estimate of drug-likeness (QED) is 0.754. The van der Waals surface area contributed by atoms with Crippen molar-refractivity contribution in [3.05, 3.63) is 42.1 Å². The Kier molecular flexibility index (Phi) is 2.16. The van der Waals surface area contributed by atoms with Gasteiger partial charge in [-0.1, -0.05) is 18.2 Å². The fraction of sp³-hybridized carbons (Fsp3) is 0.308. The summed E-state index contributed by atoms with van der Waals surface area (Å²) < 4.78 is 0. The zero-order chi connectivity index (χ0) is 11.0. The van der Waals surface area contributed by atoms with Gasteiger partial charge in [0.1, 0.15) is 5.60 Å². The van der Waals surface area contributed by atoms with Gasteiger partial charge in [-0.3, -0.25) is 4.98 Å². The third-order valence-electron chi connectivity index (χ3n) is 3.28. The van der Waals surface area contributed by atoms with Crippen molar-refractivity contribution in [2.45, 2.75) is 12.0 Å². The van der Waals surface area contributed by atoms with Crippen LogP contribution in [0.1, 0.15) is 12.0 Å². The molecular formula is C13H14N2O. The molecule has 1 saturated heterocycles. The molecule has 1 aliphatic rings. The van der Waals surface area contributed by atoms with E-state index in [1.165, 1.54) is 0 Å². The Labute approximate surface area is 94.1 Å². The van der Waals surface area contributed by atoms with Crippen molar-refractivity contribution in [3.63, 3.8) is 0 Å². The monoisotopic (exact) mass is 214 g/mol. The number of β-amino-alcohol motifs (C(OH)–C–C–N with tert-alkyl or cyclic N) is 1. The van der Waals surface area contributed by atoms with E-state index in [-0.39, 0.29) is 0 Å². The van der Waals surface area contributed by atoms with E-state index in [1.807, 2.05) is 30.3 Å². The first-order valence-corrected chi connectivity index (χ1v) is 5.56. The number of pyridine rings is 1. The van der Waals surface area contributed by atoms with Gasteiger partial charge < -0.3 is 10.4 Å². The lowest BCUT2D eigenvalue weighted by atomic mass is 9.92. The van der Waals surface area contributed by atoms with Crippen LogP contribution < -0.4 is 5.32 Å². The molecule has 1 aromatic heterocycles. The average molecular weight is 214 g/mol. The minimum atomic E-state index is -0.717. The van der Waals surface area contributed by atoms with Gasteiger partial charge in [-0.15, -0.1) is 0 Å². The zero-order valence-electron chi connectivity index (χ0n) is 8.98. The van der Waals surface area contributed by atoms with Crippen LogP contribution in [0.25, 0.3) is 10.9 Å². The molecule has 2 N–H and O–H groups in total. The van der Waals surface area contributed by atoms with Crippen LogP contribution in [0.4, 0.5) is 0 Å². The number of rotatable bonds is 1. The van der Waals surface area contributed by atoms with Crippen molar-refractivity contribution >= 4 is 10.9 Å². The second kappa shape index (κ2) is 3.54. The van der Waals surface area contributed by atoms with Crippen LogP contribution in [0.5, 0.6) is 0 Å². The topological polar surface area (TPSA) is 45.2 Å². The van der Waals surface area contributed by atoms with Crippen LogP contribution in [0.3, 0.4) is 0 Å². The largest absolute Gasteiger partial charge is 0.384 e. The van der Waals surface area contributed by atoms with Gasteiger partial charge in [-0.05, 0) is 30.7 Å². The van der Waals surface area contributed by atoms with Crippen molar-refractivity contribution in [3.8, 4) is 0 Å². The molecule has 3 heteroatoms. The van der Waals surface area contributed by atoms with Crippen molar-refractivity contribution in [2.75, 3.05) is 13.1 Å². The van der Waals surface area contributed by atoms with Crippen LogP contribution in [0, 0.1) is 0 Å². The van der Waals surface area contributed by atoms with E-state index in [0.717, 1.165) is 29.4 Å². The molecule has 1 fully saturated rings. The second-order valence-corrected chi connectivity index (χ2v) is 4.37. The average Bonchev–Trinajstić information content (AvgIpc) is 2.77. The summed E-state index contributed by atoms with van der Waals surface area (Å²) >= 11 is 0. The van der Waals surface area contributed by atoms with Crippen LogP contribution in [0.2, 0.25) is 0 Å². The molecule has 1 unspecified atom stereocenters. The zero-order valence-corrected chi connectivity index (χ0v) is 8.98. The van der Waals surface area contributed by atoms with E-state index >= 15 is 0 Å². The van der Waals surface area contributed by atoms with Crippen LogP contribution >= 0.6 is 0 Å². The third kappa shape index (κ3) is 1.49. The normalized spacial score (nSPS) is 25.1. The molecule has 0 aliphatic carbocycles. The van der Waals surface area contributed by atoms with Gasteiger partial charge in [0, 0.05) is 18.1 Å². The molecule has 0 spiro atoms. The van der Waals surface area contributed by atoms with Gasteiger partial charge in [-0.25, -0.2) is 0 Å². The standard InChI is InChI=1S/C13H14N2O/c16-13(5-7-14-9-13)11-4-3-10-2-1-6-15-12(10)8-11/h1-4,6,8,14,16H,5,7,9H2. The smallest absolute Gasteiger partial charge is 0.103 e. The van der Waals surface area contributed by atoms with Gasteiger partial charge in [-0.2, -0.15) is 0 Å². The summed E-state index contributed by atoms with van der Waals surface area (Å²) in [4.78, 5) is 4.31. The fourth-order valence-electron chi connectivity index (χ4n) is 2.28. The molecule has 82 valence electrons. The molecule has 0 bridgehead atoms. The molecule has 0 amide bonds. The second-order valence-electron chi connectivity index (χ2n) is 4.37. The van der Waals surface area contributed by atoms with Gasteiger partial charge in [0.15, 0.2) is 0 Å². The summed E-state index contributed by atoms with van der Waals surface area (Å²) in [6, 6.07) is 9.96. The van der Waals surface area contributed by atoms with E-state index in [0.29, 0.717) is 6.54 Å². The Bertz CT molecular complexity index is 518. The predicted octanol–water partition coefficient (Wildman–Crippen LogP) is 1.42. The minimum absolute atomic E-state index is 0.630. The summed E-state index contributed by atoms with van der Waals surface area (Å²) in [6.07, 6.45) is 2.55. The lowest BCUT2D eigenvalue weighted by Gasteiger charge is -2.21. The third-order valence-corrected chi connectivity index (χ3v) is 3.28. The fourth-order valence-corrected chi connectivity index (χ4v) is 2.28. The van der Waals surface area contributed by atoms with E-state index in [2.05, 4.69) is 10.3 Å². The van der Waals surface area contributed by atoms with E-state index in [4.69, 9.17) is 0 Å². The number of fused-ring (bicyclic) bond motifs is 1. The summed E-state index contributed by atoms with van der Waals surface area (Å²) in [7, 11) is 0. The highest BCUT2D eigenvalue weighted by Gasteiger charge is 2.32. The van der Waals surface area contributed by atoms with Crippen LogP contribution in [-0.2, 0) is 5.60 Å². The van der Waals surface area contributed by atoms with Gasteiger partial charge in [0.2, 0.25) is 0 Å². The number of hydrogen-bond donors (Lipinski definition) is 2. The molecule has 2 heterocycles. The first kappa shape index (κ1) is 9.75. The highest BCUT2D eigenvalue weighted by Crippen LogP contribution is 2.29. The lowest BCUT2D eigenvalue weighted by molar-refractivity contribution is 0.0589. The Morgan fingerprint density at radius 2 is 2.25 bits per heavy atom. The Hall–Kier alpha value is -1.45. The first-order valence-electron chi connectivity index (χ1n) is 5.56. The molecule has 16 heavy (non-hydrogen) atoms. The molecule has 3 rings (SSSR count). The summed E-state index contributed by atoms with van der Waals surface area (Å²) in [6.45, 7) is 1.50. The maximum Gasteiger partial charge on any atom is 0.103 e. The molecular weight excluding hydrogens is 200 g/mol. The Morgan fingerprint density at radius 1 is 1.31 bits per heavy atom. The maximum atomic E-state index is 10.4. The molecule has 1 aromatic carbocycles. The van der Waals surface area contributed by atoms with Gasteiger partial charge in [0.25, 0.3) is 0 Å². The number of hydrogen-bond acceptors (Lipinski definition) is 3. The highest BCUT2D eigenvalue weighted by molar-refractivity contribution is 5.79. The van der Waals surface area contributed by atoms with Crippen molar-refractivity contribution in [1.29, 1.82) is 0 Å². The summed E-state index contributed by atoms with van der Waals surface area (Å²) in [5, 5.41) is 14.7. The summed E-state index contributed by atoms with van der Waals surface area (Å²) in [5.74, 6) is 0. The SMILES string of the molecule is OC1(c2ccc3cccnc3c2)CCNC1. The number of aliphatic hydroxyl groups is 1. The molecule has 0 radical (unpaired) electrons. The highest BCUT2D eigenvalue weighted by atomic mass is 16.3. The van der Waals surface area contributed by atoms with Crippen molar-refractivity contribution in [1.82, 2.24) is 10.3 Å². The summed E-state index contributed by atoms with van der Waals surface area (Å²) in [5.41, 5.74) is 1.19. The number of nitrogens with zero attached hydrogens (tertiary/aromatic N) is 1. The van der Waals surface area contributed by atoms with Crippen LogP contribution in [0.15, 0.2) is 36.5 Å². The van der Waals surface area contributed by atoms with E-state index < -0.39 is 5.60 Å². The number of aromatic nitrogens is 1. The molecule has 1 aliphatic heterocycles. The lowest BCUT2D eigenvalue weighted by Crippen LogP contribution is -2.28. The number of benzene rings is 1. The Balaban J connectivity index is 2.11. The molecule has 0 saturated carbocycles. The number of nitrogens with one attached hydrogen (secondary N) is 1. The predicted molar refractivity (Wildman–Crippen MR) is 63.1 cm³/mol. The molecule has 2 aromatic rings. The van der Waals surface area contributed by atoms with Gasteiger partial charge in [0.05, 0.1) is 5.52 Å². The minimum Gasteiger partial charge on any atom is -0.384 e. The Morgan fingerprint density at radius 3 is 3.06 bits per heavy atom. The van der Waals surface area contributed by atoms with Gasteiger partial charge >= 0.3 is 0 Å². The van der Waals surface area contributed by atoms with E-state index in [1.54, 1.807) is 6.20 Å². The van der Waals surface area contributed by atoms with Crippen LogP contribution in [-0.4, -0.2) is 23.2 Å². The van der Waals surface area contributed by atoms with E-state index in [9.17, 15) is 5.11 Å².